The van der Waals surface area contributed by atoms with Crippen molar-refractivity contribution in [2.24, 2.45) is 0 Å². The van der Waals surface area contributed by atoms with Crippen molar-refractivity contribution >= 4 is 39.1 Å². The molecule has 0 saturated carbocycles. The van der Waals surface area contributed by atoms with Gasteiger partial charge in [0, 0.05) is 20.6 Å². The molecule has 2 nitrogen and oxygen atoms in total. The molecule has 0 aromatic heterocycles. The van der Waals surface area contributed by atoms with Crippen LogP contribution in [0.15, 0.2) is 40.9 Å². The minimum atomic E-state index is 0.361. The molecule has 2 aromatic rings. The first-order valence-electron chi connectivity index (χ1n) is 6.53. The smallest absolute Gasteiger partial charge is 0.166 e. The molecule has 2 rings (SSSR count). The molecular weight excluding hydrogens is 375 g/mol. The SMILES string of the molecule is CCOc1cccc(CCl)c1OCc1ccc(Br)cc1Cl. The Labute approximate surface area is 143 Å². The zero-order valence-electron chi connectivity index (χ0n) is 11.5. The van der Waals surface area contributed by atoms with E-state index in [2.05, 4.69) is 15.9 Å². The van der Waals surface area contributed by atoms with Gasteiger partial charge in [0.15, 0.2) is 11.5 Å². The first kappa shape index (κ1) is 16.5. The fourth-order valence-electron chi connectivity index (χ4n) is 1.89. The van der Waals surface area contributed by atoms with Gasteiger partial charge in [-0.1, -0.05) is 45.7 Å². The Bertz CT molecular complexity index is 617. The second-order valence-corrected chi connectivity index (χ2v) is 5.93. The van der Waals surface area contributed by atoms with Gasteiger partial charge < -0.3 is 9.47 Å². The van der Waals surface area contributed by atoms with Crippen LogP contribution in [0.5, 0.6) is 11.5 Å². The van der Waals surface area contributed by atoms with E-state index in [4.69, 9.17) is 32.7 Å². The molecule has 21 heavy (non-hydrogen) atoms. The fourth-order valence-corrected chi connectivity index (χ4v) is 2.83. The lowest BCUT2D eigenvalue weighted by molar-refractivity contribution is 0.267. The highest BCUT2D eigenvalue weighted by Gasteiger charge is 2.11. The third-order valence-corrected chi connectivity index (χ3v) is 4.02. The average Bonchev–Trinajstić information content (AvgIpc) is 2.47. The topological polar surface area (TPSA) is 18.5 Å². The Morgan fingerprint density at radius 1 is 1.10 bits per heavy atom. The van der Waals surface area contributed by atoms with Gasteiger partial charge in [0.1, 0.15) is 6.61 Å². The first-order chi connectivity index (χ1) is 10.2. The van der Waals surface area contributed by atoms with Crippen molar-refractivity contribution in [1.29, 1.82) is 0 Å². The molecule has 0 saturated heterocycles. The molecule has 0 aliphatic carbocycles. The van der Waals surface area contributed by atoms with Crippen molar-refractivity contribution in [3.63, 3.8) is 0 Å². The van der Waals surface area contributed by atoms with Crippen molar-refractivity contribution in [3.05, 3.63) is 57.0 Å². The van der Waals surface area contributed by atoms with Gasteiger partial charge in [-0.2, -0.15) is 0 Å². The van der Waals surface area contributed by atoms with Gasteiger partial charge in [-0.15, -0.1) is 11.6 Å². The van der Waals surface area contributed by atoms with E-state index in [1.165, 1.54) is 0 Å². The number of hydrogen-bond acceptors (Lipinski definition) is 2. The minimum absolute atomic E-state index is 0.361. The Balaban J connectivity index is 2.22. The van der Waals surface area contributed by atoms with Gasteiger partial charge >= 0.3 is 0 Å². The van der Waals surface area contributed by atoms with Crippen LogP contribution < -0.4 is 9.47 Å². The summed E-state index contributed by atoms with van der Waals surface area (Å²) in [6.07, 6.45) is 0. The molecule has 0 fully saturated rings. The normalized spacial score (nSPS) is 10.5. The van der Waals surface area contributed by atoms with Crippen molar-refractivity contribution in [1.82, 2.24) is 0 Å². The second kappa shape index (κ2) is 7.92. The molecule has 0 bridgehead atoms. The maximum absolute atomic E-state index is 6.20. The Hall–Kier alpha value is -0.900. The highest BCUT2D eigenvalue weighted by Crippen LogP contribution is 2.33. The van der Waals surface area contributed by atoms with Crippen molar-refractivity contribution in [3.8, 4) is 11.5 Å². The molecule has 2 aromatic carbocycles. The van der Waals surface area contributed by atoms with Crippen LogP contribution in [-0.2, 0) is 12.5 Å². The number of benzene rings is 2. The number of ether oxygens (including phenoxy) is 2. The van der Waals surface area contributed by atoms with E-state index >= 15 is 0 Å². The van der Waals surface area contributed by atoms with Crippen LogP contribution in [0.3, 0.4) is 0 Å². The summed E-state index contributed by atoms with van der Waals surface area (Å²) in [5.74, 6) is 1.74. The van der Waals surface area contributed by atoms with Crippen LogP contribution in [0.2, 0.25) is 5.02 Å². The van der Waals surface area contributed by atoms with E-state index in [9.17, 15) is 0 Å². The van der Waals surface area contributed by atoms with Gasteiger partial charge in [-0.3, -0.25) is 0 Å². The van der Waals surface area contributed by atoms with Crippen molar-refractivity contribution in [2.75, 3.05) is 6.61 Å². The predicted octanol–water partition coefficient (Wildman–Crippen LogP) is 5.82. The molecule has 112 valence electrons. The fraction of sp³-hybridized carbons (Fsp3) is 0.250. The van der Waals surface area contributed by atoms with E-state index in [-0.39, 0.29) is 0 Å². The summed E-state index contributed by atoms with van der Waals surface area (Å²) >= 11 is 15.6. The second-order valence-electron chi connectivity index (χ2n) is 4.34. The van der Waals surface area contributed by atoms with E-state index in [1.54, 1.807) is 0 Å². The lowest BCUT2D eigenvalue weighted by Gasteiger charge is -2.15. The zero-order valence-corrected chi connectivity index (χ0v) is 14.6. The molecule has 0 atom stereocenters. The summed E-state index contributed by atoms with van der Waals surface area (Å²) in [4.78, 5) is 0. The first-order valence-corrected chi connectivity index (χ1v) is 8.23. The molecule has 0 spiro atoms. The van der Waals surface area contributed by atoms with Crippen LogP contribution in [-0.4, -0.2) is 6.61 Å². The highest BCUT2D eigenvalue weighted by atomic mass is 79.9. The van der Waals surface area contributed by atoms with Gasteiger partial charge in [-0.25, -0.2) is 0 Å². The number of para-hydroxylation sites is 1. The monoisotopic (exact) mass is 388 g/mol. The minimum Gasteiger partial charge on any atom is -0.490 e. The lowest BCUT2D eigenvalue weighted by atomic mass is 10.2. The zero-order chi connectivity index (χ0) is 15.2. The average molecular weight is 390 g/mol. The van der Waals surface area contributed by atoms with E-state index in [0.717, 1.165) is 15.6 Å². The van der Waals surface area contributed by atoms with E-state index in [0.29, 0.717) is 35.6 Å². The molecule has 0 radical (unpaired) electrons. The summed E-state index contributed by atoms with van der Waals surface area (Å²) in [6, 6.07) is 11.4. The number of hydrogen-bond donors (Lipinski definition) is 0. The van der Waals surface area contributed by atoms with Gasteiger partial charge in [-0.05, 0) is 25.1 Å². The highest BCUT2D eigenvalue weighted by molar-refractivity contribution is 9.10. The molecule has 0 N–H and O–H groups in total. The van der Waals surface area contributed by atoms with Crippen LogP contribution >= 0.6 is 39.1 Å². The molecule has 0 aliphatic rings. The lowest BCUT2D eigenvalue weighted by Crippen LogP contribution is -2.02. The summed E-state index contributed by atoms with van der Waals surface area (Å²) in [5.41, 5.74) is 1.81. The summed E-state index contributed by atoms with van der Waals surface area (Å²) in [5, 5.41) is 0.658. The predicted molar refractivity (Wildman–Crippen MR) is 90.7 cm³/mol. The maximum atomic E-state index is 6.20. The van der Waals surface area contributed by atoms with Crippen LogP contribution in [0.25, 0.3) is 0 Å². The molecule has 0 aliphatic heterocycles. The summed E-state index contributed by atoms with van der Waals surface area (Å²) < 4.78 is 12.4. The van der Waals surface area contributed by atoms with Crippen LogP contribution in [0, 0.1) is 0 Å². The molecule has 5 heteroatoms. The molecule has 0 heterocycles. The van der Waals surface area contributed by atoms with Gasteiger partial charge in [0.05, 0.1) is 12.5 Å². The third kappa shape index (κ3) is 4.29. The van der Waals surface area contributed by atoms with E-state index in [1.807, 2.05) is 43.3 Å². The van der Waals surface area contributed by atoms with Crippen molar-refractivity contribution < 1.29 is 9.47 Å². The Kier molecular flexibility index (Phi) is 6.22. The summed E-state index contributed by atoms with van der Waals surface area (Å²) in [6.45, 7) is 2.87. The Morgan fingerprint density at radius 2 is 1.90 bits per heavy atom. The standard InChI is InChI=1S/C16H15BrCl2O2/c1-2-20-15-5-3-4-11(9-18)16(15)21-10-12-6-7-13(17)8-14(12)19/h3-8H,2,9-10H2,1H3. The van der Waals surface area contributed by atoms with Gasteiger partial charge in [0.2, 0.25) is 0 Å². The molecule has 0 amide bonds. The largest absolute Gasteiger partial charge is 0.490 e. The van der Waals surface area contributed by atoms with Crippen LogP contribution in [0.1, 0.15) is 18.1 Å². The van der Waals surface area contributed by atoms with E-state index < -0.39 is 0 Å². The molecule has 0 unspecified atom stereocenters. The number of rotatable bonds is 6. The quantitative estimate of drug-likeness (QED) is 0.579. The number of halogens is 3. The molecular formula is C16H15BrCl2O2. The van der Waals surface area contributed by atoms with Crippen molar-refractivity contribution in [2.45, 2.75) is 19.4 Å². The van der Waals surface area contributed by atoms with Gasteiger partial charge in [0.25, 0.3) is 0 Å². The van der Waals surface area contributed by atoms with Crippen LogP contribution in [0.4, 0.5) is 0 Å². The number of alkyl halides is 1. The Morgan fingerprint density at radius 3 is 2.57 bits per heavy atom. The third-order valence-electron chi connectivity index (χ3n) is 2.89. The summed E-state index contributed by atoms with van der Waals surface area (Å²) in [7, 11) is 0. The maximum Gasteiger partial charge on any atom is 0.166 e.